The highest BCUT2D eigenvalue weighted by Crippen LogP contribution is 2.31. The van der Waals surface area contributed by atoms with Gasteiger partial charge in [-0.3, -0.25) is 9.69 Å². The van der Waals surface area contributed by atoms with E-state index in [0.29, 0.717) is 31.8 Å². The average Bonchev–Trinajstić information content (AvgIpc) is 3.09. The largest absolute Gasteiger partial charge is 0.369 e. The summed E-state index contributed by atoms with van der Waals surface area (Å²) in [5.74, 6) is -0.0174. The summed E-state index contributed by atoms with van der Waals surface area (Å²) in [4.78, 5) is 13.9. The van der Waals surface area contributed by atoms with Gasteiger partial charge in [0.05, 0.1) is 10.9 Å². The predicted molar refractivity (Wildman–Crippen MR) is 107 cm³/mol. The first-order chi connectivity index (χ1) is 13.7. The highest BCUT2D eigenvalue weighted by Gasteiger charge is 2.34. The van der Waals surface area contributed by atoms with Crippen LogP contribution in [0.2, 0.25) is 0 Å². The average molecular weight is 421 g/mol. The SMILES string of the molecule is Cc1ccc(S(=O)(=O)Cn2nnnc2[C@@H](C(C)C)N2CCC(C(N)=O)CC2)cc1. The summed E-state index contributed by atoms with van der Waals surface area (Å²) < 4.78 is 27.1. The number of likely N-dealkylation sites (tertiary alicyclic amines) is 1. The van der Waals surface area contributed by atoms with Crippen LogP contribution in [0.3, 0.4) is 0 Å². The second-order valence-corrected chi connectivity index (χ2v) is 9.95. The molecule has 1 fully saturated rings. The Balaban J connectivity index is 1.83. The fraction of sp³-hybridized carbons (Fsp3) is 0.579. The zero-order valence-corrected chi connectivity index (χ0v) is 17.8. The van der Waals surface area contributed by atoms with Crippen molar-refractivity contribution in [3.8, 4) is 0 Å². The lowest BCUT2D eigenvalue weighted by Crippen LogP contribution is -2.42. The molecule has 1 amide bonds. The number of benzene rings is 1. The number of aryl methyl sites for hydroxylation is 1. The van der Waals surface area contributed by atoms with Gasteiger partial charge in [-0.25, -0.2) is 13.1 Å². The van der Waals surface area contributed by atoms with Crippen molar-refractivity contribution >= 4 is 15.7 Å². The number of aromatic nitrogens is 4. The van der Waals surface area contributed by atoms with Crippen LogP contribution in [0.1, 0.15) is 44.1 Å². The molecule has 2 heterocycles. The van der Waals surface area contributed by atoms with Gasteiger partial charge in [0.25, 0.3) is 0 Å². The third-order valence-electron chi connectivity index (χ3n) is 5.45. The molecule has 9 nitrogen and oxygen atoms in total. The number of hydrogen-bond donors (Lipinski definition) is 1. The fourth-order valence-corrected chi connectivity index (χ4v) is 5.05. The Bertz CT molecular complexity index is 947. The summed E-state index contributed by atoms with van der Waals surface area (Å²) in [5, 5.41) is 11.9. The number of sulfone groups is 1. The molecule has 2 aromatic rings. The molecule has 1 saturated heterocycles. The van der Waals surface area contributed by atoms with E-state index in [0.717, 1.165) is 5.56 Å². The Morgan fingerprint density at radius 3 is 2.38 bits per heavy atom. The lowest BCUT2D eigenvalue weighted by atomic mass is 9.92. The van der Waals surface area contributed by atoms with Crippen molar-refractivity contribution in [3.05, 3.63) is 35.7 Å². The van der Waals surface area contributed by atoms with Gasteiger partial charge < -0.3 is 5.73 Å². The zero-order chi connectivity index (χ0) is 21.2. The third kappa shape index (κ3) is 4.81. The summed E-state index contributed by atoms with van der Waals surface area (Å²) in [6.45, 7) is 7.39. The van der Waals surface area contributed by atoms with Crippen molar-refractivity contribution in [1.29, 1.82) is 0 Å². The maximum absolute atomic E-state index is 12.9. The molecular formula is C19H28N6O3S. The number of nitrogens with zero attached hydrogens (tertiary/aromatic N) is 5. The van der Waals surface area contributed by atoms with Gasteiger partial charge in [0.15, 0.2) is 21.5 Å². The van der Waals surface area contributed by atoms with Crippen LogP contribution in [0.5, 0.6) is 0 Å². The Morgan fingerprint density at radius 1 is 1.21 bits per heavy atom. The summed E-state index contributed by atoms with van der Waals surface area (Å²) >= 11 is 0. The molecule has 0 spiro atoms. The monoisotopic (exact) mass is 420 g/mol. The molecule has 0 aliphatic carbocycles. The molecule has 3 rings (SSSR count). The first-order valence-corrected chi connectivity index (χ1v) is 11.4. The maximum atomic E-state index is 12.9. The number of tetrazole rings is 1. The quantitative estimate of drug-likeness (QED) is 0.716. The highest BCUT2D eigenvalue weighted by atomic mass is 32.2. The van der Waals surface area contributed by atoms with E-state index in [1.165, 1.54) is 4.68 Å². The number of carbonyl (C=O) groups excluding carboxylic acids is 1. The van der Waals surface area contributed by atoms with E-state index >= 15 is 0 Å². The molecule has 1 aliphatic heterocycles. The second-order valence-electron chi connectivity index (χ2n) is 7.99. The van der Waals surface area contributed by atoms with Crippen LogP contribution >= 0.6 is 0 Å². The fourth-order valence-electron chi connectivity index (χ4n) is 3.84. The molecule has 1 aromatic heterocycles. The molecule has 0 radical (unpaired) electrons. The number of nitrogens with two attached hydrogens (primary N) is 1. The van der Waals surface area contributed by atoms with Gasteiger partial charge in [-0.05, 0) is 61.3 Å². The first kappa shape index (κ1) is 21.4. The smallest absolute Gasteiger partial charge is 0.220 e. The van der Waals surface area contributed by atoms with Crippen LogP contribution < -0.4 is 5.73 Å². The molecule has 29 heavy (non-hydrogen) atoms. The van der Waals surface area contributed by atoms with Crippen molar-refractivity contribution in [3.63, 3.8) is 0 Å². The van der Waals surface area contributed by atoms with E-state index in [2.05, 4.69) is 34.3 Å². The summed E-state index contributed by atoms with van der Waals surface area (Å²) in [5.41, 5.74) is 6.43. The zero-order valence-electron chi connectivity index (χ0n) is 17.0. The minimum absolute atomic E-state index is 0.114. The number of primary amides is 1. The van der Waals surface area contributed by atoms with Gasteiger partial charge >= 0.3 is 0 Å². The molecule has 0 saturated carbocycles. The molecule has 158 valence electrons. The third-order valence-corrected chi connectivity index (χ3v) is 7.03. The Hall–Kier alpha value is -2.33. The number of rotatable bonds is 7. The van der Waals surface area contributed by atoms with Crippen LogP contribution in [-0.2, 0) is 20.5 Å². The van der Waals surface area contributed by atoms with E-state index in [4.69, 9.17) is 5.73 Å². The van der Waals surface area contributed by atoms with Gasteiger partial charge in [0.2, 0.25) is 5.91 Å². The van der Waals surface area contributed by atoms with E-state index < -0.39 is 9.84 Å². The van der Waals surface area contributed by atoms with Crippen LogP contribution in [0.25, 0.3) is 0 Å². The lowest BCUT2D eigenvalue weighted by molar-refractivity contribution is -0.123. The highest BCUT2D eigenvalue weighted by molar-refractivity contribution is 7.90. The minimum Gasteiger partial charge on any atom is -0.369 e. The predicted octanol–water partition coefficient (Wildman–Crippen LogP) is 1.31. The lowest BCUT2D eigenvalue weighted by Gasteiger charge is -2.37. The van der Waals surface area contributed by atoms with Crippen molar-refractivity contribution < 1.29 is 13.2 Å². The molecule has 1 aromatic carbocycles. The van der Waals surface area contributed by atoms with Crippen LogP contribution in [0, 0.1) is 18.8 Å². The van der Waals surface area contributed by atoms with E-state index in [1.54, 1.807) is 24.3 Å². The van der Waals surface area contributed by atoms with Crippen molar-refractivity contribution in [1.82, 2.24) is 25.1 Å². The number of piperidine rings is 1. The van der Waals surface area contributed by atoms with E-state index in [-0.39, 0.29) is 34.6 Å². The van der Waals surface area contributed by atoms with Crippen LogP contribution in [0.15, 0.2) is 29.2 Å². The summed E-state index contributed by atoms with van der Waals surface area (Å²) in [7, 11) is -3.59. The van der Waals surface area contributed by atoms with Gasteiger partial charge in [0, 0.05) is 5.92 Å². The van der Waals surface area contributed by atoms with Crippen molar-refractivity contribution in [2.24, 2.45) is 17.6 Å². The molecule has 0 bridgehead atoms. The number of hydrogen-bond acceptors (Lipinski definition) is 7. The normalized spacial score (nSPS) is 17.5. The number of carbonyl (C=O) groups is 1. The van der Waals surface area contributed by atoms with Gasteiger partial charge in [-0.15, -0.1) is 5.10 Å². The molecular weight excluding hydrogens is 392 g/mol. The molecule has 1 aliphatic rings. The van der Waals surface area contributed by atoms with Crippen molar-refractivity contribution in [2.45, 2.75) is 50.4 Å². The Labute approximate surface area is 171 Å². The van der Waals surface area contributed by atoms with Gasteiger partial charge in [-0.2, -0.15) is 0 Å². The molecule has 1 atom stereocenters. The van der Waals surface area contributed by atoms with E-state index in [9.17, 15) is 13.2 Å². The topological polar surface area (TPSA) is 124 Å². The minimum atomic E-state index is -3.59. The van der Waals surface area contributed by atoms with Gasteiger partial charge in [-0.1, -0.05) is 31.5 Å². The van der Waals surface area contributed by atoms with E-state index in [1.807, 2.05) is 6.92 Å². The van der Waals surface area contributed by atoms with Crippen LogP contribution in [0.4, 0.5) is 0 Å². The molecule has 2 N–H and O–H groups in total. The maximum Gasteiger partial charge on any atom is 0.220 e. The van der Waals surface area contributed by atoms with Gasteiger partial charge in [0.1, 0.15) is 0 Å². The Kier molecular flexibility index (Phi) is 6.33. The molecule has 10 heteroatoms. The standard InChI is InChI=1S/C19H28N6O3S/c1-13(2)17(24-10-8-15(9-11-24)18(20)26)19-21-22-23-25(19)12-29(27,28)16-6-4-14(3)5-7-16/h4-7,13,15,17H,8-12H2,1-3H3,(H2,20,26)/t17-/m1/s1. The van der Waals surface area contributed by atoms with Crippen LogP contribution in [-0.4, -0.2) is 52.5 Å². The second kappa shape index (κ2) is 8.58. The first-order valence-electron chi connectivity index (χ1n) is 9.78. The summed E-state index contributed by atoms with van der Waals surface area (Å²) in [6, 6.07) is 6.60. The summed E-state index contributed by atoms with van der Waals surface area (Å²) in [6.07, 6.45) is 1.36. The number of amides is 1. The molecule has 0 unspecified atom stereocenters. The van der Waals surface area contributed by atoms with Crippen molar-refractivity contribution in [2.75, 3.05) is 13.1 Å². The Morgan fingerprint density at radius 2 is 1.83 bits per heavy atom.